The summed E-state index contributed by atoms with van der Waals surface area (Å²) >= 11 is 0. The molecule has 0 spiro atoms. The van der Waals surface area contributed by atoms with Gasteiger partial charge in [-0.3, -0.25) is 4.90 Å². The number of hydrogen-bond donors (Lipinski definition) is 1. The lowest BCUT2D eigenvalue weighted by atomic mass is 10.2. The molecule has 0 bridgehead atoms. The monoisotopic (exact) mass is 292 g/mol. The van der Waals surface area contributed by atoms with Crippen LogP contribution < -0.4 is 10.1 Å². The summed E-state index contributed by atoms with van der Waals surface area (Å²) in [5.41, 5.74) is 1.25. The van der Waals surface area contributed by atoms with Crippen LogP contribution in [0.5, 0.6) is 5.75 Å². The summed E-state index contributed by atoms with van der Waals surface area (Å²) in [7, 11) is 0. The molecule has 1 fully saturated rings. The normalized spacial score (nSPS) is 19.9. The van der Waals surface area contributed by atoms with E-state index in [1.807, 2.05) is 12.1 Å². The van der Waals surface area contributed by atoms with E-state index in [1.54, 1.807) is 0 Å². The summed E-state index contributed by atoms with van der Waals surface area (Å²) in [4.78, 5) is 2.40. The van der Waals surface area contributed by atoms with Crippen molar-refractivity contribution in [3.8, 4) is 5.75 Å². The highest BCUT2D eigenvalue weighted by Crippen LogP contribution is 2.15. The Kier molecular flexibility index (Phi) is 6.49. The van der Waals surface area contributed by atoms with E-state index in [0.717, 1.165) is 38.5 Å². The van der Waals surface area contributed by atoms with Crippen molar-refractivity contribution in [2.45, 2.75) is 39.5 Å². The summed E-state index contributed by atoms with van der Waals surface area (Å²) in [5.74, 6) is 0.926. The Hall–Kier alpha value is -1.10. The molecular formula is C17H28N2O2. The first-order chi connectivity index (χ1) is 10.2. The van der Waals surface area contributed by atoms with E-state index in [9.17, 15) is 0 Å². The molecule has 1 unspecified atom stereocenters. The van der Waals surface area contributed by atoms with E-state index < -0.39 is 0 Å². The van der Waals surface area contributed by atoms with Gasteiger partial charge in [-0.15, -0.1) is 0 Å². The van der Waals surface area contributed by atoms with Gasteiger partial charge in [-0.2, -0.15) is 0 Å². The van der Waals surface area contributed by atoms with Crippen molar-refractivity contribution >= 4 is 0 Å². The maximum absolute atomic E-state index is 5.91. The molecule has 1 heterocycles. The fourth-order valence-electron chi connectivity index (χ4n) is 2.42. The fourth-order valence-corrected chi connectivity index (χ4v) is 2.42. The van der Waals surface area contributed by atoms with Crippen molar-refractivity contribution in [3.63, 3.8) is 0 Å². The second-order valence-electron chi connectivity index (χ2n) is 5.88. The van der Waals surface area contributed by atoms with E-state index >= 15 is 0 Å². The van der Waals surface area contributed by atoms with E-state index in [1.165, 1.54) is 5.56 Å². The smallest absolute Gasteiger partial charge is 0.119 e. The maximum Gasteiger partial charge on any atom is 0.119 e. The summed E-state index contributed by atoms with van der Waals surface area (Å²) in [5, 5.41) is 3.42. The molecule has 0 radical (unpaired) electrons. The summed E-state index contributed by atoms with van der Waals surface area (Å²) < 4.78 is 11.7. The van der Waals surface area contributed by atoms with Gasteiger partial charge in [0, 0.05) is 25.7 Å². The van der Waals surface area contributed by atoms with Gasteiger partial charge in [0.1, 0.15) is 18.5 Å². The minimum absolute atomic E-state index is 0.177. The lowest BCUT2D eigenvalue weighted by Crippen LogP contribution is -2.44. The molecule has 1 aromatic carbocycles. The second-order valence-corrected chi connectivity index (χ2v) is 5.88. The highest BCUT2D eigenvalue weighted by Gasteiger charge is 2.19. The molecule has 0 saturated carbocycles. The number of rotatable bonds is 7. The number of hydrogen-bond acceptors (Lipinski definition) is 4. The van der Waals surface area contributed by atoms with Gasteiger partial charge in [0.15, 0.2) is 0 Å². The third-order valence-corrected chi connectivity index (χ3v) is 3.72. The van der Waals surface area contributed by atoms with Crippen molar-refractivity contribution in [1.82, 2.24) is 10.2 Å². The Morgan fingerprint density at radius 3 is 3.05 bits per heavy atom. The van der Waals surface area contributed by atoms with Crippen LogP contribution in [0.15, 0.2) is 24.3 Å². The lowest BCUT2D eigenvalue weighted by Gasteiger charge is -2.31. The molecule has 1 aliphatic rings. The van der Waals surface area contributed by atoms with Crippen LogP contribution in [0.4, 0.5) is 0 Å². The molecule has 1 saturated heterocycles. The predicted molar refractivity (Wildman–Crippen MR) is 85.8 cm³/mol. The van der Waals surface area contributed by atoms with Gasteiger partial charge in [0.05, 0.1) is 6.61 Å². The number of ether oxygens (including phenoxy) is 2. The zero-order valence-corrected chi connectivity index (χ0v) is 13.5. The fraction of sp³-hybridized carbons (Fsp3) is 0.647. The summed E-state index contributed by atoms with van der Waals surface area (Å²) in [6, 6.07) is 8.78. The van der Waals surface area contributed by atoms with Crippen LogP contribution in [0.1, 0.15) is 26.3 Å². The van der Waals surface area contributed by atoms with Gasteiger partial charge in [-0.25, -0.2) is 0 Å². The van der Waals surface area contributed by atoms with E-state index in [0.29, 0.717) is 12.6 Å². The minimum atomic E-state index is 0.177. The molecule has 1 N–H and O–H groups in total. The molecular weight excluding hydrogens is 264 g/mol. The topological polar surface area (TPSA) is 33.7 Å². The van der Waals surface area contributed by atoms with Gasteiger partial charge in [0.2, 0.25) is 0 Å². The predicted octanol–water partition coefficient (Wildman–Crippen LogP) is 2.28. The number of morpholine rings is 1. The average Bonchev–Trinajstić information content (AvgIpc) is 2.51. The van der Waals surface area contributed by atoms with Gasteiger partial charge in [-0.1, -0.05) is 32.9 Å². The average molecular weight is 292 g/mol. The van der Waals surface area contributed by atoms with Gasteiger partial charge in [-0.05, 0) is 24.2 Å². The number of nitrogens with zero attached hydrogens (tertiary/aromatic N) is 1. The van der Waals surface area contributed by atoms with Crippen molar-refractivity contribution in [3.05, 3.63) is 29.8 Å². The van der Waals surface area contributed by atoms with Gasteiger partial charge < -0.3 is 14.8 Å². The maximum atomic E-state index is 5.91. The molecule has 0 aromatic heterocycles. The van der Waals surface area contributed by atoms with Crippen LogP contribution in [0.25, 0.3) is 0 Å². The molecule has 0 amide bonds. The number of benzene rings is 1. The van der Waals surface area contributed by atoms with Gasteiger partial charge >= 0.3 is 0 Å². The molecule has 21 heavy (non-hydrogen) atoms. The summed E-state index contributed by atoms with van der Waals surface area (Å²) in [6.07, 6.45) is 0.177. The van der Waals surface area contributed by atoms with E-state index in [-0.39, 0.29) is 6.10 Å². The molecule has 1 atom stereocenters. The standard InChI is InChI=1S/C17H28N2O2/c1-4-19-8-9-20-17(12-19)13-21-16-7-5-6-15(10-16)11-18-14(2)3/h5-7,10,14,17-18H,4,8-9,11-13H2,1-3H3. The van der Waals surface area contributed by atoms with Crippen LogP contribution >= 0.6 is 0 Å². The van der Waals surface area contributed by atoms with E-state index in [4.69, 9.17) is 9.47 Å². The SMILES string of the molecule is CCN1CCOC(COc2cccc(CNC(C)C)c2)C1. The van der Waals surface area contributed by atoms with Crippen molar-refractivity contribution in [2.75, 3.05) is 32.8 Å². The first kappa shape index (κ1) is 16.3. The molecule has 0 aliphatic carbocycles. The van der Waals surface area contributed by atoms with Crippen LogP contribution in [0, 0.1) is 0 Å². The summed E-state index contributed by atoms with van der Waals surface area (Å²) in [6.45, 7) is 11.9. The zero-order chi connectivity index (χ0) is 15.1. The van der Waals surface area contributed by atoms with Crippen molar-refractivity contribution in [2.24, 2.45) is 0 Å². The minimum Gasteiger partial charge on any atom is -0.491 e. The van der Waals surface area contributed by atoms with Crippen molar-refractivity contribution < 1.29 is 9.47 Å². The Labute approximate surface area is 128 Å². The van der Waals surface area contributed by atoms with E-state index in [2.05, 4.69) is 43.1 Å². The molecule has 1 aromatic rings. The molecule has 1 aliphatic heterocycles. The number of likely N-dealkylation sites (N-methyl/N-ethyl adjacent to an activating group) is 1. The Morgan fingerprint density at radius 1 is 1.43 bits per heavy atom. The first-order valence-electron chi connectivity index (χ1n) is 7.96. The molecule has 4 heteroatoms. The third-order valence-electron chi connectivity index (χ3n) is 3.72. The van der Waals surface area contributed by atoms with Crippen molar-refractivity contribution in [1.29, 1.82) is 0 Å². The Morgan fingerprint density at radius 2 is 2.29 bits per heavy atom. The largest absolute Gasteiger partial charge is 0.491 e. The molecule has 118 valence electrons. The van der Waals surface area contributed by atoms with Crippen LogP contribution in [0.3, 0.4) is 0 Å². The zero-order valence-electron chi connectivity index (χ0n) is 13.5. The second kappa shape index (κ2) is 8.37. The molecule has 4 nitrogen and oxygen atoms in total. The Balaban J connectivity index is 1.81. The number of nitrogens with one attached hydrogen (secondary N) is 1. The van der Waals surface area contributed by atoms with Gasteiger partial charge in [0.25, 0.3) is 0 Å². The highest BCUT2D eigenvalue weighted by atomic mass is 16.5. The quantitative estimate of drug-likeness (QED) is 0.836. The highest BCUT2D eigenvalue weighted by molar-refractivity contribution is 5.28. The lowest BCUT2D eigenvalue weighted by molar-refractivity contribution is -0.0464. The van der Waals surface area contributed by atoms with Crippen LogP contribution in [0.2, 0.25) is 0 Å². The third kappa shape index (κ3) is 5.65. The van der Waals surface area contributed by atoms with Crippen LogP contribution in [-0.2, 0) is 11.3 Å². The Bertz CT molecular complexity index is 423. The van der Waals surface area contributed by atoms with Crippen LogP contribution in [-0.4, -0.2) is 49.9 Å². The molecule has 2 rings (SSSR count). The first-order valence-corrected chi connectivity index (χ1v) is 7.96.